The Balaban J connectivity index is 2.01. The minimum Gasteiger partial charge on any atom is -0.487 e. The van der Waals surface area contributed by atoms with Crippen LogP contribution in [0.15, 0.2) is 29.6 Å². The van der Waals surface area contributed by atoms with Crippen LogP contribution in [0.3, 0.4) is 0 Å². The van der Waals surface area contributed by atoms with E-state index in [1.165, 1.54) is 5.56 Å². The molecule has 0 saturated heterocycles. The molecular formula is C16H22N2OS. The molecule has 1 aromatic carbocycles. The molecule has 1 atom stereocenters. The SMILES string of the molecule is CCc1nc(COc2ccccc2CC(N)CC)cs1. The van der Waals surface area contributed by atoms with Crippen LogP contribution < -0.4 is 10.5 Å². The standard InChI is InChI=1S/C16H22N2OS/c1-3-13(17)9-12-7-5-6-8-15(12)19-10-14-11-20-16(4-2)18-14/h5-8,11,13H,3-4,9-10,17H2,1-2H3. The third-order valence-electron chi connectivity index (χ3n) is 3.26. The van der Waals surface area contributed by atoms with Gasteiger partial charge in [-0.15, -0.1) is 11.3 Å². The van der Waals surface area contributed by atoms with Crippen molar-refractivity contribution in [3.05, 3.63) is 45.9 Å². The maximum atomic E-state index is 6.04. The number of benzene rings is 1. The minimum absolute atomic E-state index is 0.186. The van der Waals surface area contributed by atoms with Crippen LogP contribution in [-0.2, 0) is 19.4 Å². The summed E-state index contributed by atoms with van der Waals surface area (Å²) in [5.74, 6) is 0.919. The number of thiazole rings is 1. The van der Waals surface area contributed by atoms with Gasteiger partial charge in [-0.3, -0.25) is 0 Å². The maximum absolute atomic E-state index is 6.04. The number of hydrogen-bond acceptors (Lipinski definition) is 4. The lowest BCUT2D eigenvalue weighted by molar-refractivity contribution is 0.298. The van der Waals surface area contributed by atoms with Gasteiger partial charge in [0.2, 0.25) is 0 Å². The van der Waals surface area contributed by atoms with Gasteiger partial charge in [-0.05, 0) is 30.9 Å². The Morgan fingerprint density at radius 2 is 2.10 bits per heavy atom. The van der Waals surface area contributed by atoms with Crippen molar-refractivity contribution in [2.75, 3.05) is 0 Å². The summed E-state index contributed by atoms with van der Waals surface area (Å²) >= 11 is 1.69. The van der Waals surface area contributed by atoms with Crippen LogP contribution in [0.1, 0.15) is 36.5 Å². The molecule has 0 saturated carbocycles. The van der Waals surface area contributed by atoms with Crippen molar-refractivity contribution in [3.63, 3.8) is 0 Å². The Bertz CT molecular complexity index is 539. The quantitative estimate of drug-likeness (QED) is 0.848. The summed E-state index contributed by atoms with van der Waals surface area (Å²) in [4.78, 5) is 4.52. The van der Waals surface area contributed by atoms with Gasteiger partial charge >= 0.3 is 0 Å². The first-order valence-corrected chi connectivity index (χ1v) is 8.00. The Hall–Kier alpha value is -1.39. The molecule has 20 heavy (non-hydrogen) atoms. The minimum atomic E-state index is 0.186. The van der Waals surface area contributed by atoms with Crippen LogP contribution in [0, 0.1) is 0 Å². The second kappa shape index (κ2) is 7.41. The predicted molar refractivity (Wildman–Crippen MR) is 84.2 cm³/mol. The molecule has 0 radical (unpaired) electrons. The maximum Gasteiger partial charge on any atom is 0.131 e. The number of rotatable bonds is 7. The highest BCUT2D eigenvalue weighted by Gasteiger charge is 2.08. The van der Waals surface area contributed by atoms with E-state index in [1.807, 2.05) is 18.2 Å². The van der Waals surface area contributed by atoms with E-state index < -0.39 is 0 Å². The number of nitrogens with zero attached hydrogens (tertiary/aromatic N) is 1. The van der Waals surface area contributed by atoms with E-state index in [0.29, 0.717) is 6.61 Å². The average molecular weight is 290 g/mol. The fourth-order valence-electron chi connectivity index (χ4n) is 1.97. The smallest absolute Gasteiger partial charge is 0.131 e. The van der Waals surface area contributed by atoms with E-state index in [4.69, 9.17) is 10.5 Å². The van der Waals surface area contributed by atoms with Crippen molar-refractivity contribution >= 4 is 11.3 Å². The molecule has 2 rings (SSSR count). The largest absolute Gasteiger partial charge is 0.487 e. The lowest BCUT2D eigenvalue weighted by atomic mass is 10.0. The van der Waals surface area contributed by atoms with Gasteiger partial charge < -0.3 is 10.5 Å². The molecule has 1 unspecified atom stereocenters. The molecule has 0 aliphatic rings. The van der Waals surface area contributed by atoms with Gasteiger partial charge in [-0.2, -0.15) is 0 Å². The first-order valence-electron chi connectivity index (χ1n) is 7.12. The predicted octanol–water partition coefficient (Wildman–Crippen LogP) is 3.56. The summed E-state index contributed by atoms with van der Waals surface area (Å²) in [7, 11) is 0. The fourth-order valence-corrected chi connectivity index (χ4v) is 2.70. The van der Waals surface area contributed by atoms with Crippen LogP contribution in [0.4, 0.5) is 0 Å². The molecule has 0 aliphatic carbocycles. The third kappa shape index (κ3) is 4.05. The lowest BCUT2D eigenvalue weighted by Crippen LogP contribution is -2.21. The van der Waals surface area contributed by atoms with Gasteiger partial charge in [0.05, 0.1) is 10.7 Å². The Labute approximate surface area is 124 Å². The zero-order valence-corrected chi connectivity index (χ0v) is 13.0. The van der Waals surface area contributed by atoms with Gasteiger partial charge in [0.15, 0.2) is 0 Å². The zero-order chi connectivity index (χ0) is 14.4. The van der Waals surface area contributed by atoms with Crippen molar-refractivity contribution in [2.24, 2.45) is 5.73 Å². The normalized spacial score (nSPS) is 12.3. The summed E-state index contributed by atoms with van der Waals surface area (Å²) in [5.41, 5.74) is 8.21. The lowest BCUT2D eigenvalue weighted by Gasteiger charge is -2.13. The molecule has 0 fully saturated rings. The summed E-state index contributed by atoms with van der Waals surface area (Å²) in [6.07, 6.45) is 2.80. The van der Waals surface area contributed by atoms with Crippen molar-refractivity contribution in [1.82, 2.24) is 4.98 Å². The van der Waals surface area contributed by atoms with E-state index in [-0.39, 0.29) is 6.04 Å². The van der Waals surface area contributed by atoms with E-state index in [1.54, 1.807) is 11.3 Å². The topological polar surface area (TPSA) is 48.1 Å². The highest BCUT2D eigenvalue weighted by molar-refractivity contribution is 7.09. The number of aromatic nitrogens is 1. The molecule has 4 heteroatoms. The van der Waals surface area contributed by atoms with E-state index >= 15 is 0 Å². The van der Waals surface area contributed by atoms with Gasteiger partial charge in [-0.1, -0.05) is 32.0 Å². The molecule has 1 aromatic heterocycles. The first-order chi connectivity index (χ1) is 9.72. The Kier molecular flexibility index (Phi) is 5.56. The molecule has 0 spiro atoms. The van der Waals surface area contributed by atoms with Crippen LogP contribution in [0.2, 0.25) is 0 Å². The van der Waals surface area contributed by atoms with Crippen LogP contribution in [0.5, 0.6) is 5.75 Å². The molecule has 2 N–H and O–H groups in total. The number of ether oxygens (including phenoxy) is 1. The number of para-hydroxylation sites is 1. The van der Waals surface area contributed by atoms with Gasteiger partial charge in [0.25, 0.3) is 0 Å². The summed E-state index contributed by atoms with van der Waals surface area (Å²) in [6.45, 7) is 4.75. The summed E-state index contributed by atoms with van der Waals surface area (Å²) < 4.78 is 5.92. The third-order valence-corrected chi connectivity index (χ3v) is 4.30. The second-order valence-corrected chi connectivity index (χ2v) is 5.80. The average Bonchev–Trinajstić information content (AvgIpc) is 2.94. The summed E-state index contributed by atoms with van der Waals surface area (Å²) in [6, 6.07) is 8.30. The molecule has 3 nitrogen and oxygen atoms in total. The highest BCUT2D eigenvalue weighted by Crippen LogP contribution is 2.21. The van der Waals surface area contributed by atoms with E-state index in [0.717, 1.165) is 35.7 Å². The zero-order valence-electron chi connectivity index (χ0n) is 12.1. The van der Waals surface area contributed by atoms with Crippen molar-refractivity contribution in [2.45, 2.75) is 45.8 Å². The molecule has 1 heterocycles. The van der Waals surface area contributed by atoms with Gasteiger partial charge in [0.1, 0.15) is 12.4 Å². The van der Waals surface area contributed by atoms with Gasteiger partial charge in [0, 0.05) is 11.4 Å². The number of nitrogens with two attached hydrogens (primary N) is 1. The second-order valence-electron chi connectivity index (χ2n) is 4.85. The van der Waals surface area contributed by atoms with E-state index in [2.05, 4.69) is 30.3 Å². The van der Waals surface area contributed by atoms with Crippen molar-refractivity contribution in [3.8, 4) is 5.75 Å². The monoisotopic (exact) mass is 290 g/mol. The van der Waals surface area contributed by atoms with Crippen LogP contribution >= 0.6 is 11.3 Å². The van der Waals surface area contributed by atoms with Crippen LogP contribution in [-0.4, -0.2) is 11.0 Å². The van der Waals surface area contributed by atoms with Crippen molar-refractivity contribution in [1.29, 1.82) is 0 Å². The van der Waals surface area contributed by atoms with Gasteiger partial charge in [-0.25, -0.2) is 4.98 Å². The molecule has 0 bridgehead atoms. The van der Waals surface area contributed by atoms with E-state index in [9.17, 15) is 0 Å². The molecule has 2 aromatic rings. The van der Waals surface area contributed by atoms with Crippen molar-refractivity contribution < 1.29 is 4.74 Å². The molecular weight excluding hydrogens is 268 g/mol. The van der Waals surface area contributed by atoms with Crippen LogP contribution in [0.25, 0.3) is 0 Å². The Morgan fingerprint density at radius 1 is 1.30 bits per heavy atom. The first kappa shape index (κ1) is 15.0. The number of aryl methyl sites for hydroxylation is 1. The fraction of sp³-hybridized carbons (Fsp3) is 0.438. The summed E-state index contributed by atoms with van der Waals surface area (Å²) in [5, 5.41) is 3.23. The Morgan fingerprint density at radius 3 is 2.80 bits per heavy atom. The number of hydrogen-bond donors (Lipinski definition) is 1. The molecule has 0 amide bonds. The molecule has 0 aliphatic heterocycles. The molecule has 108 valence electrons. The highest BCUT2D eigenvalue weighted by atomic mass is 32.1.